The summed E-state index contributed by atoms with van der Waals surface area (Å²) in [4.78, 5) is 16.0. The molecule has 0 bridgehead atoms. The Labute approximate surface area is 153 Å². The largest absolute Gasteiger partial charge is 0.507 e. The van der Waals surface area contributed by atoms with E-state index in [4.69, 9.17) is 5.26 Å². The number of hydrogen-bond donors (Lipinski definition) is 2. The quantitative estimate of drug-likeness (QED) is 0.454. The van der Waals surface area contributed by atoms with Gasteiger partial charge in [-0.15, -0.1) is 0 Å². The molecule has 0 amide bonds. The Bertz CT molecular complexity index is 811. The molecule has 0 aliphatic heterocycles. The number of rotatable bonds is 3. The van der Waals surface area contributed by atoms with Gasteiger partial charge in [-0.3, -0.25) is 4.79 Å². The number of thioether (sulfide) groups is 1. The van der Waals surface area contributed by atoms with Gasteiger partial charge in [-0.25, -0.2) is 0 Å². The van der Waals surface area contributed by atoms with Crippen molar-refractivity contribution in [2.75, 3.05) is 0 Å². The standard InChI is InChI=1S/C20H24N2O2S/c1-19(2,3)14-9-12(10-15(17(14)24)20(4,5)6)16(23)13-7-8-22-18(13)25-11-21/h7-10,22,24H,1-6H3. The van der Waals surface area contributed by atoms with E-state index < -0.39 is 0 Å². The van der Waals surface area contributed by atoms with Crippen LogP contribution >= 0.6 is 11.8 Å². The maximum absolute atomic E-state index is 13.0. The maximum Gasteiger partial charge on any atom is 0.195 e. The first-order valence-electron chi connectivity index (χ1n) is 8.12. The molecular formula is C20H24N2O2S. The molecule has 2 aromatic rings. The van der Waals surface area contributed by atoms with Crippen LogP contribution in [0.15, 0.2) is 29.4 Å². The number of phenols is 1. The second kappa shape index (κ2) is 6.61. The van der Waals surface area contributed by atoms with E-state index in [1.54, 1.807) is 24.4 Å². The summed E-state index contributed by atoms with van der Waals surface area (Å²) < 4.78 is 0. The van der Waals surface area contributed by atoms with Crippen molar-refractivity contribution < 1.29 is 9.90 Å². The number of benzene rings is 1. The van der Waals surface area contributed by atoms with Crippen molar-refractivity contribution in [1.82, 2.24) is 4.98 Å². The Kier molecular flexibility index (Phi) is 5.06. The van der Waals surface area contributed by atoms with Gasteiger partial charge in [-0.1, -0.05) is 41.5 Å². The van der Waals surface area contributed by atoms with Gasteiger partial charge in [0, 0.05) is 34.6 Å². The number of H-pyrrole nitrogens is 1. The number of nitrogens with one attached hydrogen (secondary N) is 1. The molecule has 0 atom stereocenters. The van der Waals surface area contributed by atoms with Crippen LogP contribution in [0.5, 0.6) is 5.75 Å². The lowest BCUT2D eigenvalue weighted by molar-refractivity contribution is 0.103. The molecule has 0 fully saturated rings. The molecule has 0 saturated heterocycles. The van der Waals surface area contributed by atoms with E-state index in [1.165, 1.54) is 0 Å². The Balaban J connectivity index is 2.67. The van der Waals surface area contributed by atoms with Crippen LogP contribution in [-0.2, 0) is 10.8 Å². The van der Waals surface area contributed by atoms with Crippen molar-refractivity contribution in [1.29, 1.82) is 5.26 Å². The third-order valence-electron chi connectivity index (χ3n) is 4.09. The second-order valence-corrected chi connectivity index (χ2v) is 8.96. The highest BCUT2D eigenvalue weighted by Crippen LogP contribution is 2.40. The lowest BCUT2D eigenvalue weighted by Crippen LogP contribution is -2.19. The molecule has 25 heavy (non-hydrogen) atoms. The van der Waals surface area contributed by atoms with Crippen molar-refractivity contribution in [2.24, 2.45) is 0 Å². The van der Waals surface area contributed by atoms with Crippen LogP contribution in [0.25, 0.3) is 0 Å². The van der Waals surface area contributed by atoms with Gasteiger partial charge in [0.15, 0.2) is 5.78 Å². The summed E-state index contributed by atoms with van der Waals surface area (Å²) in [6.07, 6.45) is 1.66. The van der Waals surface area contributed by atoms with E-state index >= 15 is 0 Å². The molecule has 0 radical (unpaired) electrons. The van der Waals surface area contributed by atoms with Crippen molar-refractivity contribution in [3.8, 4) is 11.2 Å². The van der Waals surface area contributed by atoms with E-state index in [9.17, 15) is 9.90 Å². The average Bonchev–Trinajstić information content (AvgIpc) is 2.93. The van der Waals surface area contributed by atoms with Gasteiger partial charge in [0.1, 0.15) is 11.2 Å². The number of nitrogens with zero attached hydrogens (tertiary/aromatic N) is 1. The number of ketones is 1. The molecule has 0 unspecified atom stereocenters. The normalized spacial score (nSPS) is 12.0. The number of aromatic nitrogens is 1. The molecule has 132 valence electrons. The summed E-state index contributed by atoms with van der Waals surface area (Å²) in [6.45, 7) is 12.1. The monoisotopic (exact) mass is 356 g/mol. The molecule has 4 nitrogen and oxygen atoms in total. The first-order chi connectivity index (χ1) is 11.5. The van der Waals surface area contributed by atoms with Crippen LogP contribution < -0.4 is 0 Å². The number of phenolic OH excluding ortho intramolecular Hbond substituents is 1. The van der Waals surface area contributed by atoms with E-state index in [1.807, 2.05) is 46.9 Å². The summed E-state index contributed by atoms with van der Waals surface area (Å²) in [5.41, 5.74) is 1.87. The van der Waals surface area contributed by atoms with Crippen LogP contribution in [0.4, 0.5) is 0 Å². The zero-order valence-corrected chi connectivity index (χ0v) is 16.3. The molecule has 0 saturated carbocycles. The highest BCUT2D eigenvalue weighted by atomic mass is 32.2. The minimum Gasteiger partial charge on any atom is -0.507 e. The molecule has 5 heteroatoms. The Morgan fingerprint density at radius 2 is 1.64 bits per heavy atom. The van der Waals surface area contributed by atoms with E-state index in [0.29, 0.717) is 16.2 Å². The summed E-state index contributed by atoms with van der Waals surface area (Å²) >= 11 is 0.934. The molecule has 1 aromatic carbocycles. The zero-order valence-electron chi connectivity index (χ0n) is 15.5. The lowest BCUT2D eigenvalue weighted by Gasteiger charge is -2.28. The fourth-order valence-electron chi connectivity index (χ4n) is 2.73. The van der Waals surface area contributed by atoms with Crippen LogP contribution in [0, 0.1) is 10.7 Å². The van der Waals surface area contributed by atoms with Gasteiger partial charge in [0.25, 0.3) is 0 Å². The summed E-state index contributed by atoms with van der Waals surface area (Å²) in [6, 6.07) is 5.21. The molecule has 0 aliphatic rings. The number of carbonyl (C=O) groups excluding carboxylic acids is 1. The molecule has 2 rings (SSSR count). The highest BCUT2D eigenvalue weighted by molar-refractivity contribution is 8.03. The van der Waals surface area contributed by atoms with Crippen molar-refractivity contribution in [3.05, 3.63) is 46.6 Å². The molecule has 0 spiro atoms. The van der Waals surface area contributed by atoms with Gasteiger partial charge in [0.05, 0.1) is 10.6 Å². The van der Waals surface area contributed by atoms with Gasteiger partial charge in [0.2, 0.25) is 0 Å². The van der Waals surface area contributed by atoms with Gasteiger partial charge < -0.3 is 10.1 Å². The van der Waals surface area contributed by atoms with Crippen LogP contribution in [0.1, 0.15) is 68.6 Å². The molecular weight excluding hydrogens is 332 g/mol. The number of aromatic hydroxyl groups is 1. The van der Waals surface area contributed by atoms with Gasteiger partial charge >= 0.3 is 0 Å². The predicted octanol–water partition coefficient (Wildman–Crippen LogP) is 5.12. The highest BCUT2D eigenvalue weighted by Gasteiger charge is 2.28. The van der Waals surface area contributed by atoms with E-state index in [2.05, 4.69) is 4.98 Å². The third kappa shape index (κ3) is 3.91. The molecule has 0 aliphatic carbocycles. The minimum atomic E-state index is -0.303. The summed E-state index contributed by atoms with van der Waals surface area (Å²) in [5, 5.41) is 22.2. The van der Waals surface area contributed by atoms with Gasteiger partial charge in [-0.05, 0) is 29.0 Å². The number of hydrogen-bond acceptors (Lipinski definition) is 4. The first-order valence-corrected chi connectivity index (χ1v) is 8.94. The fraction of sp³-hybridized carbons (Fsp3) is 0.400. The Morgan fingerprint density at radius 1 is 1.12 bits per heavy atom. The van der Waals surface area contributed by atoms with Crippen molar-refractivity contribution >= 4 is 17.5 Å². The smallest absolute Gasteiger partial charge is 0.195 e. The minimum absolute atomic E-state index is 0.157. The number of carbonyl (C=O) groups is 1. The predicted molar refractivity (Wildman–Crippen MR) is 101 cm³/mol. The number of thiocyanates is 1. The topological polar surface area (TPSA) is 76.9 Å². The van der Waals surface area contributed by atoms with Crippen LogP contribution in [0.2, 0.25) is 0 Å². The van der Waals surface area contributed by atoms with Gasteiger partial charge in [-0.2, -0.15) is 5.26 Å². The lowest BCUT2D eigenvalue weighted by atomic mass is 9.78. The SMILES string of the molecule is CC(C)(C)c1cc(C(=O)c2cc[nH]c2SC#N)cc(C(C)(C)C)c1O. The summed E-state index contributed by atoms with van der Waals surface area (Å²) in [5.74, 6) is 0.0900. The Hall–Kier alpha value is -2.19. The van der Waals surface area contributed by atoms with Crippen molar-refractivity contribution in [2.45, 2.75) is 57.4 Å². The number of nitriles is 1. The first kappa shape index (κ1) is 19.1. The van der Waals surface area contributed by atoms with Crippen LogP contribution in [0.3, 0.4) is 0 Å². The molecule has 2 N–H and O–H groups in total. The fourth-order valence-corrected chi connectivity index (χ4v) is 3.22. The molecule has 1 heterocycles. The van der Waals surface area contributed by atoms with Crippen molar-refractivity contribution in [3.63, 3.8) is 0 Å². The zero-order chi connectivity index (χ0) is 19.0. The third-order valence-corrected chi connectivity index (χ3v) is 4.72. The average molecular weight is 356 g/mol. The molecule has 1 aromatic heterocycles. The summed E-state index contributed by atoms with van der Waals surface area (Å²) in [7, 11) is 0. The maximum atomic E-state index is 13.0. The number of aromatic amines is 1. The Morgan fingerprint density at radius 3 is 2.08 bits per heavy atom. The van der Waals surface area contributed by atoms with E-state index in [0.717, 1.165) is 22.9 Å². The van der Waals surface area contributed by atoms with E-state index in [-0.39, 0.29) is 22.4 Å². The van der Waals surface area contributed by atoms with Crippen LogP contribution in [-0.4, -0.2) is 15.9 Å². The second-order valence-electron chi connectivity index (χ2n) is 8.16.